The van der Waals surface area contributed by atoms with Crippen molar-refractivity contribution < 1.29 is 4.74 Å². The number of rotatable bonds is 3. The highest BCUT2D eigenvalue weighted by Crippen LogP contribution is 2.19. The van der Waals surface area contributed by atoms with E-state index in [9.17, 15) is 0 Å². The highest BCUT2D eigenvalue weighted by atomic mass is 16.5. The van der Waals surface area contributed by atoms with Crippen molar-refractivity contribution in [2.75, 3.05) is 7.11 Å². The Bertz CT molecular complexity index is 504. The van der Waals surface area contributed by atoms with Gasteiger partial charge in [0.05, 0.1) is 12.8 Å². The number of aromatic nitrogens is 2. The van der Waals surface area contributed by atoms with Gasteiger partial charge in [-0.15, -0.1) is 0 Å². The predicted octanol–water partition coefficient (Wildman–Crippen LogP) is 1.92. The van der Waals surface area contributed by atoms with Crippen LogP contribution in [0.15, 0.2) is 30.3 Å². The van der Waals surface area contributed by atoms with E-state index in [1.165, 1.54) is 5.56 Å². The summed E-state index contributed by atoms with van der Waals surface area (Å²) in [6.45, 7) is 2.41. The van der Waals surface area contributed by atoms with Gasteiger partial charge in [0.1, 0.15) is 0 Å². The maximum atomic E-state index is 5.60. The summed E-state index contributed by atoms with van der Waals surface area (Å²) in [5.74, 6) is 1.19. The lowest BCUT2D eigenvalue weighted by Gasteiger charge is -2.06. The minimum Gasteiger partial charge on any atom is -0.481 e. The zero-order valence-electron chi connectivity index (χ0n) is 9.97. The van der Waals surface area contributed by atoms with Gasteiger partial charge in [-0.2, -0.15) is 4.98 Å². The molecule has 0 saturated carbocycles. The average molecular weight is 229 g/mol. The van der Waals surface area contributed by atoms with E-state index in [4.69, 9.17) is 10.5 Å². The van der Waals surface area contributed by atoms with Gasteiger partial charge in [-0.05, 0) is 13.0 Å². The number of hydrogen-bond acceptors (Lipinski definition) is 4. The summed E-state index contributed by atoms with van der Waals surface area (Å²) in [7, 11) is 1.59. The molecule has 0 bridgehead atoms. The van der Waals surface area contributed by atoms with Crippen LogP contribution >= 0.6 is 0 Å². The van der Waals surface area contributed by atoms with Crippen LogP contribution < -0.4 is 10.5 Å². The Balaban J connectivity index is 2.50. The Kier molecular flexibility index (Phi) is 3.35. The molecule has 0 unspecified atom stereocenters. The molecule has 0 saturated heterocycles. The molecule has 1 aromatic carbocycles. The summed E-state index contributed by atoms with van der Waals surface area (Å²) in [5, 5.41) is 0. The monoisotopic (exact) mass is 229 g/mol. The quantitative estimate of drug-likeness (QED) is 0.873. The molecule has 2 N–H and O–H groups in total. The number of nitrogens with two attached hydrogens (primary N) is 1. The zero-order chi connectivity index (χ0) is 12.3. The molecule has 1 aromatic heterocycles. The van der Waals surface area contributed by atoms with E-state index >= 15 is 0 Å². The molecule has 0 amide bonds. The maximum absolute atomic E-state index is 5.60. The lowest BCUT2D eigenvalue weighted by molar-refractivity contribution is 0.396. The van der Waals surface area contributed by atoms with Gasteiger partial charge in [0.25, 0.3) is 0 Å². The lowest BCUT2D eigenvalue weighted by atomic mass is 10.1. The summed E-state index contributed by atoms with van der Waals surface area (Å²) in [6, 6.07) is 9.78. The van der Waals surface area contributed by atoms with Gasteiger partial charge in [0.2, 0.25) is 5.88 Å². The SMILES string of the molecule is COc1cc(CN)nc(-c2cccc(C)c2)n1. The van der Waals surface area contributed by atoms with E-state index < -0.39 is 0 Å². The third-order valence-electron chi connectivity index (χ3n) is 2.45. The predicted molar refractivity (Wildman–Crippen MR) is 66.6 cm³/mol. The Hall–Kier alpha value is -1.94. The van der Waals surface area contributed by atoms with Crippen molar-refractivity contribution in [3.63, 3.8) is 0 Å². The van der Waals surface area contributed by atoms with E-state index in [1.54, 1.807) is 13.2 Å². The summed E-state index contributed by atoms with van der Waals surface area (Å²) in [6.07, 6.45) is 0. The molecule has 4 nitrogen and oxygen atoms in total. The molecule has 2 aromatic rings. The van der Waals surface area contributed by atoms with Gasteiger partial charge in [-0.25, -0.2) is 4.98 Å². The van der Waals surface area contributed by atoms with Crippen molar-refractivity contribution in [1.29, 1.82) is 0 Å². The maximum Gasteiger partial charge on any atom is 0.216 e. The first-order valence-corrected chi connectivity index (χ1v) is 5.42. The second-order valence-electron chi connectivity index (χ2n) is 3.80. The van der Waals surface area contributed by atoms with Crippen LogP contribution in [0.2, 0.25) is 0 Å². The molecular formula is C13H15N3O. The summed E-state index contributed by atoms with van der Waals surface area (Å²) < 4.78 is 5.14. The summed E-state index contributed by atoms with van der Waals surface area (Å²) in [4.78, 5) is 8.72. The average Bonchev–Trinajstić information content (AvgIpc) is 2.38. The van der Waals surface area contributed by atoms with E-state index in [0.29, 0.717) is 18.2 Å². The normalized spacial score (nSPS) is 10.3. The molecule has 0 atom stereocenters. The number of ether oxygens (including phenoxy) is 1. The Labute approximate surface area is 100 Å². The van der Waals surface area contributed by atoms with Gasteiger partial charge >= 0.3 is 0 Å². The Morgan fingerprint density at radius 2 is 2.06 bits per heavy atom. The van der Waals surface area contributed by atoms with Gasteiger partial charge < -0.3 is 10.5 Å². The fraction of sp³-hybridized carbons (Fsp3) is 0.231. The van der Waals surface area contributed by atoms with Crippen molar-refractivity contribution >= 4 is 0 Å². The minimum atomic E-state index is 0.373. The first-order valence-electron chi connectivity index (χ1n) is 5.42. The molecule has 17 heavy (non-hydrogen) atoms. The van der Waals surface area contributed by atoms with E-state index in [1.807, 2.05) is 31.2 Å². The van der Waals surface area contributed by atoms with Crippen LogP contribution in [-0.4, -0.2) is 17.1 Å². The molecule has 4 heteroatoms. The highest BCUT2D eigenvalue weighted by Gasteiger charge is 2.06. The number of methoxy groups -OCH3 is 1. The number of benzene rings is 1. The smallest absolute Gasteiger partial charge is 0.216 e. The van der Waals surface area contributed by atoms with Crippen molar-refractivity contribution in [2.24, 2.45) is 5.73 Å². The Morgan fingerprint density at radius 3 is 2.71 bits per heavy atom. The molecule has 1 heterocycles. The molecular weight excluding hydrogens is 214 g/mol. The third-order valence-corrected chi connectivity index (χ3v) is 2.45. The fourth-order valence-electron chi connectivity index (χ4n) is 1.59. The van der Waals surface area contributed by atoms with Crippen LogP contribution in [0.1, 0.15) is 11.3 Å². The van der Waals surface area contributed by atoms with Crippen LogP contribution in [-0.2, 0) is 6.54 Å². The molecule has 0 radical (unpaired) electrons. The minimum absolute atomic E-state index is 0.373. The third kappa shape index (κ3) is 2.60. The van der Waals surface area contributed by atoms with Crippen LogP contribution in [0.4, 0.5) is 0 Å². The van der Waals surface area contributed by atoms with Crippen LogP contribution in [0.25, 0.3) is 11.4 Å². The zero-order valence-corrected chi connectivity index (χ0v) is 9.97. The van der Waals surface area contributed by atoms with Crippen molar-refractivity contribution in [2.45, 2.75) is 13.5 Å². The van der Waals surface area contributed by atoms with Crippen molar-refractivity contribution in [3.8, 4) is 17.3 Å². The van der Waals surface area contributed by atoms with Crippen LogP contribution in [0.3, 0.4) is 0 Å². The van der Waals surface area contributed by atoms with Gasteiger partial charge in [0, 0.05) is 18.2 Å². The van der Waals surface area contributed by atoms with Gasteiger partial charge in [-0.1, -0.05) is 23.8 Å². The van der Waals surface area contributed by atoms with Crippen molar-refractivity contribution in [3.05, 3.63) is 41.6 Å². The van der Waals surface area contributed by atoms with Gasteiger partial charge in [0.15, 0.2) is 5.82 Å². The van der Waals surface area contributed by atoms with Crippen molar-refractivity contribution in [1.82, 2.24) is 9.97 Å². The number of aryl methyl sites for hydroxylation is 1. The first-order chi connectivity index (χ1) is 8.22. The Morgan fingerprint density at radius 1 is 1.24 bits per heavy atom. The largest absolute Gasteiger partial charge is 0.481 e. The lowest BCUT2D eigenvalue weighted by Crippen LogP contribution is -2.03. The molecule has 0 aliphatic carbocycles. The second kappa shape index (κ2) is 4.93. The van der Waals surface area contributed by atoms with Crippen LogP contribution in [0.5, 0.6) is 5.88 Å². The van der Waals surface area contributed by atoms with E-state index in [2.05, 4.69) is 9.97 Å². The topological polar surface area (TPSA) is 61.0 Å². The molecule has 0 aliphatic rings. The molecule has 0 fully saturated rings. The fourth-order valence-corrected chi connectivity index (χ4v) is 1.59. The van der Waals surface area contributed by atoms with E-state index in [0.717, 1.165) is 11.3 Å². The van der Waals surface area contributed by atoms with Crippen LogP contribution in [0, 0.1) is 6.92 Å². The second-order valence-corrected chi connectivity index (χ2v) is 3.80. The van der Waals surface area contributed by atoms with Gasteiger partial charge in [-0.3, -0.25) is 0 Å². The molecule has 0 aliphatic heterocycles. The number of nitrogens with zero attached hydrogens (tertiary/aromatic N) is 2. The molecule has 88 valence electrons. The van der Waals surface area contributed by atoms with E-state index in [-0.39, 0.29) is 0 Å². The molecule has 2 rings (SSSR count). The number of hydrogen-bond donors (Lipinski definition) is 1. The highest BCUT2D eigenvalue weighted by molar-refractivity contribution is 5.56. The summed E-state index contributed by atoms with van der Waals surface area (Å²) >= 11 is 0. The molecule has 0 spiro atoms. The standard InChI is InChI=1S/C13H15N3O/c1-9-4-3-5-10(6-9)13-15-11(8-14)7-12(16-13)17-2/h3-7H,8,14H2,1-2H3. The first kappa shape index (κ1) is 11.5. The summed E-state index contributed by atoms with van der Waals surface area (Å²) in [5.41, 5.74) is 8.52.